The second-order valence-electron chi connectivity index (χ2n) is 4.61. The number of carbonyl (C=O) groups excluding carboxylic acids is 1. The summed E-state index contributed by atoms with van der Waals surface area (Å²) in [6, 6.07) is 7.36. The Bertz CT molecular complexity index is 667. The Hall–Kier alpha value is -2.50. The van der Waals surface area contributed by atoms with Crippen molar-refractivity contribution in [2.45, 2.75) is 25.9 Å². The number of benzene rings is 1. The number of halogens is 1. The van der Waals surface area contributed by atoms with Gasteiger partial charge in [-0.25, -0.2) is 14.2 Å². The van der Waals surface area contributed by atoms with Gasteiger partial charge in [-0.1, -0.05) is 19.1 Å². The standard InChI is InChI=1S/C15H16FN3O2/c1-2-13(11-4-6-12(16)7-5-11)18-14(20)10-19-9-3-8-17-15(19)21/h3-9,13H,2,10H2,1H3,(H,18,20)/t13-/m0/s1. The third kappa shape index (κ3) is 3.98. The van der Waals surface area contributed by atoms with Crippen LogP contribution in [0.25, 0.3) is 0 Å². The summed E-state index contributed by atoms with van der Waals surface area (Å²) in [7, 11) is 0. The van der Waals surface area contributed by atoms with Crippen molar-refractivity contribution in [1.82, 2.24) is 14.9 Å². The molecule has 0 saturated carbocycles. The van der Waals surface area contributed by atoms with Crippen molar-refractivity contribution in [2.24, 2.45) is 0 Å². The van der Waals surface area contributed by atoms with Crippen LogP contribution in [0.15, 0.2) is 47.5 Å². The number of carbonyl (C=O) groups is 1. The molecule has 2 aromatic rings. The first-order valence-electron chi connectivity index (χ1n) is 6.66. The minimum atomic E-state index is -0.470. The first-order chi connectivity index (χ1) is 10.1. The maximum Gasteiger partial charge on any atom is 0.347 e. The van der Waals surface area contributed by atoms with Crippen LogP contribution < -0.4 is 11.0 Å². The largest absolute Gasteiger partial charge is 0.348 e. The second-order valence-corrected chi connectivity index (χ2v) is 4.61. The normalized spacial score (nSPS) is 11.9. The molecule has 0 aliphatic rings. The highest BCUT2D eigenvalue weighted by molar-refractivity contribution is 5.76. The van der Waals surface area contributed by atoms with E-state index in [9.17, 15) is 14.0 Å². The number of hydrogen-bond acceptors (Lipinski definition) is 3. The highest BCUT2D eigenvalue weighted by Gasteiger charge is 2.13. The molecule has 0 aliphatic heterocycles. The monoisotopic (exact) mass is 289 g/mol. The van der Waals surface area contributed by atoms with Crippen LogP contribution >= 0.6 is 0 Å². The number of amides is 1. The van der Waals surface area contributed by atoms with Gasteiger partial charge in [0.1, 0.15) is 12.4 Å². The number of hydrogen-bond donors (Lipinski definition) is 1. The Morgan fingerprint density at radius 3 is 2.71 bits per heavy atom. The summed E-state index contributed by atoms with van der Waals surface area (Å²) in [4.78, 5) is 27.0. The van der Waals surface area contributed by atoms with Gasteiger partial charge in [-0.3, -0.25) is 9.36 Å². The zero-order chi connectivity index (χ0) is 15.2. The summed E-state index contributed by atoms with van der Waals surface area (Å²) >= 11 is 0. The van der Waals surface area contributed by atoms with Crippen molar-refractivity contribution < 1.29 is 9.18 Å². The van der Waals surface area contributed by atoms with Crippen LogP contribution in [0.1, 0.15) is 24.9 Å². The maximum atomic E-state index is 12.9. The van der Waals surface area contributed by atoms with Crippen molar-refractivity contribution in [1.29, 1.82) is 0 Å². The van der Waals surface area contributed by atoms with Gasteiger partial charge in [0, 0.05) is 12.4 Å². The summed E-state index contributed by atoms with van der Waals surface area (Å²) < 4.78 is 14.1. The van der Waals surface area contributed by atoms with E-state index in [1.165, 1.54) is 29.1 Å². The van der Waals surface area contributed by atoms with Crippen LogP contribution in [0.5, 0.6) is 0 Å². The number of nitrogens with zero attached hydrogens (tertiary/aromatic N) is 2. The topological polar surface area (TPSA) is 64.0 Å². The summed E-state index contributed by atoms with van der Waals surface area (Å²) in [5.41, 5.74) is 0.355. The molecule has 0 aliphatic carbocycles. The fourth-order valence-corrected chi connectivity index (χ4v) is 2.02. The van der Waals surface area contributed by atoms with Crippen LogP contribution in [-0.2, 0) is 11.3 Å². The molecule has 110 valence electrons. The fourth-order valence-electron chi connectivity index (χ4n) is 2.02. The Labute approximate surface area is 121 Å². The van der Waals surface area contributed by atoms with Gasteiger partial charge in [0.25, 0.3) is 0 Å². The molecule has 0 bridgehead atoms. The van der Waals surface area contributed by atoms with E-state index in [1.807, 2.05) is 6.92 Å². The average Bonchev–Trinajstić information content (AvgIpc) is 2.48. The Morgan fingerprint density at radius 1 is 1.38 bits per heavy atom. The predicted octanol–water partition coefficient (Wildman–Crippen LogP) is 1.65. The van der Waals surface area contributed by atoms with Crippen LogP contribution in [0, 0.1) is 5.82 Å². The van der Waals surface area contributed by atoms with Gasteiger partial charge in [0.2, 0.25) is 5.91 Å². The molecule has 0 saturated heterocycles. The molecule has 6 heteroatoms. The van der Waals surface area contributed by atoms with Gasteiger partial charge in [0.05, 0.1) is 6.04 Å². The Morgan fingerprint density at radius 2 is 2.10 bits per heavy atom. The second kappa shape index (κ2) is 6.78. The van der Waals surface area contributed by atoms with Gasteiger partial charge in [-0.15, -0.1) is 0 Å². The molecule has 0 fully saturated rings. The Kier molecular flexibility index (Phi) is 4.81. The smallest absolute Gasteiger partial charge is 0.347 e. The van der Waals surface area contributed by atoms with Gasteiger partial charge in [-0.2, -0.15) is 0 Å². The molecule has 1 N–H and O–H groups in total. The summed E-state index contributed by atoms with van der Waals surface area (Å²) in [6.45, 7) is 1.83. The lowest BCUT2D eigenvalue weighted by Crippen LogP contribution is -2.35. The SMILES string of the molecule is CC[C@H](NC(=O)Cn1cccnc1=O)c1ccc(F)cc1. The Balaban J connectivity index is 2.05. The average molecular weight is 289 g/mol. The predicted molar refractivity (Wildman–Crippen MR) is 76.1 cm³/mol. The number of aromatic nitrogens is 2. The lowest BCUT2D eigenvalue weighted by Gasteiger charge is -2.17. The molecule has 2 rings (SSSR count). The quantitative estimate of drug-likeness (QED) is 0.910. The molecule has 0 unspecified atom stereocenters. The van der Waals surface area contributed by atoms with E-state index in [1.54, 1.807) is 18.2 Å². The van der Waals surface area contributed by atoms with E-state index >= 15 is 0 Å². The highest BCUT2D eigenvalue weighted by Crippen LogP contribution is 2.16. The van der Waals surface area contributed by atoms with Crippen molar-refractivity contribution in [2.75, 3.05) is 0 Å². The lowest BCUT2D eigenvalue weighted by molar-refractivity contribution is -0.122. The van der Waals surface area contributed by atoms with E-state index in [0.29, 0.717) is 6.42 Å². The van der Waals surface area contributed by atoms with Crippen LogP contribution in [0.3, 0.4) is 0 Å². The van der Waals surface area contributed by atoms with Gasteiger partial charge < -0.3 is 5.32 Å². The molecule has 0 spiro atoms. The van der Waals surface area contributed by atoms with Crippen molar-refractivity contribution in [3.63, 3.8) is 0 Å². The molecule has 1 atom stereocenters. The van der Waals surface area contributed by atoms with Crippen molar-refractivity contribution >= 4 is 5.91 Å². The molecule has 1 heterocycles. The van der Waals surface area contributed by atoms with Crippen LogP contribution in [0.2, 0.25) is 0 Å². The van der Waals surface area contributed by atoms with Gasteiger partial charge in [0.15, 0.2) is 0 Å². The first kappa shape index (κ1) is 14.9. The molecular formula is C15H16FN3O2. The molecule has 1 aromatic heterocycles. The maximum absolute atomic E-state index is 12.9. The molecule has 0 radical (unpaired) electrons. The zero-order valence-corrected chi connectivity index (χ0v) is 11.6. The van der Waals surface area contributed by atoms with Crippen molar-refractivity contribution in [3.05, 3.63) is 64.6 Å². The van der Waals surface area contributed by atoms with E-state index < -0.39 is 5.69 Å². The zero-order valence-electron chi connectivity index (χ0n) is 11.6. The molecule has 5 nitrogen and oxygen atoms in total. The van der Waals surface area contributed by atoms with E-state index in [0.717, 1.165) is 5.56 Å². The lowest BCUT2D eigenvalue weighted by atomic mass is 10.0. The van der Waals surface area contributed by atoms with Gasteiger partial charge >= 0.3 is 5.69 Å². The number of rotatable bonds is 5. The molecular weight excluding hydrogens is 273 g/mol. The molecule has 21 heavy (non-hydrogen) atoms. The molecule has 1 amide bonds. The minimum absolute atomic E-state index is 0.0929. The third-order valence-corrected chi connectivity index (χ3v) is 3.11. The summed E-state index contributed by atoms with van der Waals surface area (Å²) in [5.74, 6) is -0.608. The summed E-state index contributed by atoms with van der Waals surface area (Å²) in [6.07, 6.45) is 3.55. The summed E-state index contributed by atoms with van der Waals surface area (Å²) in [5, 5.41) is 2.83. The van der Waals surface area contributed by atoms with E-state index in [4.69, 9.17) is 0 Å². The van der Waals surface area contributed by atoms with Gasteiger partial charge in [-0.05, 0) is 30.2 Å². The van der Waals surface area contributed by atoms with E-state index in [2.05, 4.69) is 10.3 Å². The van der Waals surface area contributed by atoms with Crippen LogP contribution in [0.4, 0.5) is 4.39 Å². The van der Waals surface area contributed by atoms with Crippen molar-refractivity contribution in [3.8, 4) is 0 Å². The van der Waals surface area contributed by atoms with E-state index in [-0.39, 0.29) is 24.3 Å². The highest BCUT2D eigenvalue weighted by atomic mass is 19.1. The first-order valence-corrected chi connectivity index (χ1v) is 6.66. The third-order valence-electron chi connectivity index (χ3n) is 3.11. The minimum Gasteiger partial charge on any atom is -0.348 e. The number of nitrogens with one attached hydrogen (secondary N) is 1. The fraction of sp³-hybridized carbons (Fsp3) is 0.267. The van der Waals surface area contributed by atoms with Crippen LogP contribution in [-0.4, -0.2) is 15.5 Å². The molecule has 1 aromatic carbocycles.